The topological polar surface area (TPSA) is 65.4 Å². The highest BCUT2D eigenvalue weighted by molar-refractivity contribution is 5.68. The third-order valence-corrected chi connectivity index (χ3v) is 4.79. The quantitative estimate of drug-likeness (QED) is 0.764. The van der Waals surface area contributed by atoms with E-state index >= 15 is 0 Å². The first-order valence-corrected chi connectivity index (χ1v) is 9.20. The molecule has 3 rings (SSSR count). The highest BCUT2D eigenvalue weighted by Crippen LogP contribution is 2.50. The molecule has 0 radical (unpaired) electrons. The molecule has 3 aliphatic rings. The third kappa shape index (κ3) is 3.82. The molecular formula is C22H26N3O2+. The van der Waals surface area contributed by atoms with Crippen LogP contribution in [0.4, 0.5) is 4.79 Å². The second-order valence-electron chi connectivity index (χ2n) is 8.48. The van der Waals surface area contributed by atoms with Crippen LogP contribution in [0.2, 0.25) is 0 Å². The number of hydrogen-bond donors (Lipinski definition) is 1. The van der Waals surface area contributed by atoms with E-state index in [-0.39, 0.29) is 5.41 Å². The van der Waals surface area contributed by atoms with Crippen LogP contribution in [-0.4, -0.2) is 29.7 Å². The minimum absolute atomic E-state index is 0.202. The van der Waals surface area contributed by atoms with Gasteiger partial charge in [-0.3, -0.25) is 4.90 Å². The molecule has 0 aromatic carbocycles. The standard InChI is InChI=1S/C22H25N3O2/c1-21(2,3)27-20(26)24-14-16-6-7-18-17(12-16)22(4,5)19-13-15(8-10-23)9-11-25(18)19/h6-7,9,13H,8,11,14H2,1-5H3/p+1. The van der Waals surface area contributed by atoms with Crippen molar-refractivity contribution >= 4 is 6.09 Å². The summed E-state index contributed by atoms with van der Waals surface area (Å²) >= 11 is 0. The number of carbonyl (C=O) groups excluding carboxylic acids is 1. The normalized spacial score (nSPS) is 19.9. The molecule has 0 saturated heterocycles. The molecule has 5 nitrogen and oxygen atoms in total. The van der Waals surface area contributed by atoms with Crippen molar-refractivity contribution in [1.29, 1.82) is 5.26 Å². The summed E-state index contributed by atoms with van der Waals surface area (Å²) in [4.78, 5) is 14.2. The fraction of sp³-hybridized carbons (Fsp3) is 0.455. The lowest BCUT2D eigenvalue weighted by atomic mass is 9.80. The summed E-state index contributed by atoms with van der Waals surface area (Å²) in [6.45, 7) is 11.0. The van der Waals surface area contributed by atoms with E-state index in [2.05, 4.69) is 54.4 Å². The van der Waals surface area contributed by atoms with Crippen molar-refractivity contribution in [3.8, 4) is 6.07 Å². The van der Waals surface area contributed by atoms with E-state index < -0.39 is 11.7 Å². The van der Waals surface area contributed by atoms with E-state index in [0.717, 1.165) is 29.0 Å². The minimum atomic E-state index is -0.517. The molecule has 0 aromatic heterocycles. The lowest BCUT2D eigenvalue weighted by molar-refractivity contribution is 0.0533. The van der Waals surface area contributed by atoms with Crippen LogP contribution in [-0.2, 0) is 4.74 Å². The number of hydrogen-bond acceptors (Lipinski definition) is 4. The zero-order chi connectivity index (χ0) is 19.8. The zero-order valence-corrected chi connectivity index (χ0v) is 16.6. The highest BCUT2D eigenvalue weighted by atomic mass is 16.6. The van der Waals surface area contributed by atoms with Crippen LogP contribution in [0.5, 0.6) is 0 Å². The molecule has 0 unspecified atom stereocenters. The summed E-state index contributed by atoms with van der Waals surface area (Å²) in [6.07, 6.45) is 11.8. The second-order valence-corrected chi connectivity index (χ2v) is 8.48. The molecule has 0 bridgehead atoms. The third-order valence-electron chi connectivity index (χ3n) is 4.79. The molecular weight excluding hydrogens is 338 g/mol. The molecule has 0 atom stereocenters. The van der Waals surface area contributed by atoms with E-state index in [0.29, 0.717) is 13.0 Å². The zero-order valence-electron chi connectivity index (χ0n) is 16.6. The van der Waals surface area contributed by atoms with Gasteiger partial charge in [-0.05, 0) is 46.3 Å². The SMILES string of the molecule is CC(C)(C)OC(=O)NCC1=[C+]C2=C(C=C1)N1CC=C(CC#N)C=C1C2(C)C. The number of nitriles is 1. The van der Waals surface area contributed by atoms with Crippen LogP contribution < -0.4 is 5.32 Å². The van der Waals surface area contributed by atoms with Crippen LogP contribution >= 0.6 is 0 Å². The molecule has 2 aliphatic heterocycles. The van der Waals surface area contributed by atoms with Gasteiger partial charge in [-0.2, -0.15) is 5.26 Å². The highest BCUT2D eigenvalue weighted by Gasteiger charge is 2.48. The van der Waals surface area contributed by atoms with Crippen LogP contribution in [0.1, 0.15) is 41.0 Å². The van der Waals surface area contributed by atoms with Gasteiger partial charge >= 0.3 is 6.09 Å². The van der Waals surface area contributed by atoms with Crippen LogP contribution in [0.15, 0.2) is 52.4 Å². The van der Waals surface area contributed by atoms with Gasteiger partial charge < -0.3 is 10.1 Å². The number of rotatable bonds is 3. The molecule has 1 amide bonds. The molecule has 1 N–H and O–H groups in total. The van der Waals surface area contributed by atoms with Crippen molar-refractivity contribution in [1.82, 2.24) is 10.2 Å². The van der Waals surface area contributed by atoms with E-state index in [9.17, 15) is 4.79 Å². The summed E-state index contributed by atoms with van der Waals surface area (Å²) in [6, 6.07) is 2.23. The Morgan fingerprint density at radius 2 is 2.15 bits per heavy atom. The minimum Gasteiger partial charge on any atom is -0.444 e. The summed E-state index contributed by atoms with van der Waals surface area (Å²) in [5, 5.41) is 11.8. The Balaban J connectivity index is 1.77. The van der Waals surface area contributed by atoms with Crippen LogP contribution in [0.25, 0.3) is 0 Å². The Kier molecular flexibility index (Phi) is 4.71. The Morgan fingerprint density at radius 1 is 1.41 bits per heavy atom. The Bertz CT molecular complexity index is 855. The largest absolute Gasteiger partial charge is 0.444 e. The summed E-state index contributed by atoms with van der Waals surface area (Å²) in [5.41, 5.74) is 4.71. The van der Waals surface area contributed by atoms with Gasteiger partial charge in [0, 0.05) is 5.70 Å². The number of fused-ring (bicyclic) bond motifs is 2. The number of amides is 1. The van der Waals surface area contributed by atoms with Crippen molar-refractivity contribution in [2.45, 2.75) is 46.6 Å². The van der Waals surface area contributed by atoms with E-state index in [1.165, 1.54) is 5.70 Å². The first-order chi connectivity index (χ1) is 12.6. The molecule has 27 heavy (non-hydrogen) atoms. The average Bonchev–Trinajstić information content (AvgIpc) is 2.79. The molecule has 0 aromatic rings. The van der Waals surface area contributed by atoms with Crippen molar-refractivity contribution < 1.29 is 9.53 Å². The Morgan fingerprint density at radius 3 is 2.81 bits per heavy atom. The molecule has 0 saturated carbocycles. The molecule has 2 heterocycles. The smallest absolute Gasteiger partial charge is 0.408 e. The fourth-order valence-electron chi connectivity index (χ4n) is 3.52. The summed E-state index contributed by atoms with van der Waals surface area (Å²) in [5.74, 6) is 0. The maximum atomic E-state index is 11.9. The molecule has 140 valence electrons. The maximum Gasteiger partial charge on any atom is 0.408 e. The maximum absolute atomic E-state index is 11.9. The molecule has 0 spiro atoms. The van der Waals surface area contributed by atoms with Gasteiger partial charge in [-0.15, -0.1) is 0 Å². The Labute approximate surface area is 161 Å². The van der Waals surface area contributed by atoms with Crippen LogP contribution in [0, 0.1) is 22.8 Å². The van der Waals surface area contributed by atoms with Gasteiger partial charge in [-0.25, -0.2) is 4.79 Å². The van der Waals surface area contributed by atoms with Crippen molar-refractivity contribution in [2.24, 2.45) is 5.41 Å². The number of carbonyl (C=O) groups is 1. The second kappa shape index (κ2) is 6.72. The predicted molar refractivity (Wildman–Crippen MR) is 104 cm³/mol. The van der Waals surface area contributed by atoms with E-state index in [1.54, 1.807) is 0 Å². The molecule has 5 heteroatoms. The first-order valence-electron chi connectivity index (χ1n) is 9.20. The first kappa shape index (κ1) is 18.9. The van der Waals surface area contributed by atoms with Gasteiger partial charge in [0.05, 0.1) is 49.2 Å². The van der Waals surface area contributed by atoms with Crippen molar-refractivity contribution in [3.05, 3.63) is 58.5 Å². The van der Waals surface area contributed by atoms with Gasteiger partial charge in [-0.1, -0.05) is 6.08 Å². The number of alkyl carbamates (subject to hydrolysis) is 1. The molecule has 1 aliphatic carbocycles. The van der Waals surface area contributed by atoms with Crippen molar-refractivity contribution in [3.63, 3.8) is 0 Å². The van der Waals surface area contributed by atoms with Gasteiger partial charge in [0.15, 0.2) is 11.3 Å². The van der Waals surface area contributed by atoms with E-state index in [1.807, 2.05) is 26.8 Å². The molecule has 0 fully saturated rings. The van der Waals surface area contributed by atoms with Gasteiger partial charge in [0.1, 0.15) is 11.2 Å². The summed E-state index contributed by atoms with van der Waals surface area (Å²) < 4.78 is 5.29. The fourth-order valence-corrected chi connectivity index (χ4v) is 3.52. The average molecular weight is 364 g/mol. The Hall–Kier alpha value is -2.83. The number of ether oxygens (including phenoxy) is 1. The lowest BCUT2D eigenvalue weighted by Gasteiger charge is -2.27. The summed E-state index contributed by atoms with van der Waals surface area (Å²) in [7, 11) is 0. The lowest BCUT2D eigenvalue weighted by Crippen LogP contribution is -2.33. The van der Waals surface area contributed by atoms with Gasteiger partial charge in [0.25, 0.3) is 0 Å². The van der Waals surface area contributed by atoms with Crippen molar-refractivity contribution in [2.75, 3.05) is 13.1 Å². The number of allylic oxidation sites excluding steroid dienone is 5. The number of nitrogens with one attached hydrogen (secondary N) is 1. The number of nitrogens with zero attached hydrogens (tertiary/aromatic N) is 2. The van der Waals surface area contributed by atoms with E-state index in [4.69, 9.17) is 10.00 Å². The predicted octanol–water partition coefficient (Wildman–Crippen LogP) is 4.14. The van der Waals surface area contributed by atoms with Crippen LogP contribution in [0.3, 0.4) is 0 Å². The monoisotopic (exact) mass is 364 g/mol. The van der Waals surface area contributed by atoms with Gasteiger partial charge in [0.2, 0.25) is 0 Å².